The van der Waals surface area contributed by atoms with Gasteiger partial charge in [0.2, 0.25) is 5.91 Å². The highest BCUT2D eigenvalue weighted by Gasteiger charge is 2.24. The molecule has 6 nitrogen and oxygen atoms in total. The van der Waals surface area contributed by atoms with Crippen LogP contribution in [0.1, 0.15) is 41.6 Å². The highest BCUT2D eigenvalue weighted by atomic mass is 32.1. The summed E-state index contributed by atoms with van der Waals surface area (Å²) in [6.45, 7) is 5.24. The van der Waals surface area contributed by atoms with E-state index in [9.17, 15) is 9.59 Å². The summed E-state index contributed by atoms with van der Waals surface area (Å²) in [6.07, 6.45) is 3.34. The maximum absolute atomic E-state index is 12.3. The van der Waals surface area contributed by atoms with Gasteiger partial charge in [0.15, 0.2) is 5.13 Å². The van der Waals surface area contributed by atoms with Gasteiger partial charge in [-0.2, -0.15) is 0 Å². The normalized spacial score (nSPS) is 16.4. The first-order valence-corrected chi connectivity index (χ1v) is 7.95. The Kier molecular flexibility index (Phi) is 5.17. The van der Waals surface area contributed by atoms with Crippen molar-refractivity contribution in [2.45, 2.75) is 39.2 Å². The van der Waals surface area contributed by atoms with Crippen molar-refractivity contribution in [3.05, 3.63) is 10.6 Å². The number of piperidine rings is 1. The summed E-state index contributed by atoms with van der Waals surface area (Å²) in [5.74, 6) is -0.310. The molecule has 1 aliphatic heterocycles. The second-order valence-corrected chi connectivity index (χ2v) is 6.18. The fourth-order valence-corrected chi connectivity index (χ4v) is 3.35. The summed E-state index contributed by atoms with van der Waals surface area (Å²) < 4.78 is 4.71. The molecule has 0 radical (unpaired) electrons. The van der Waals surface area contributed by atoms with Crippen LogP contribution in [-0.2, 0) is 9.53 Å². The Balaban J connectivity index is 2.00. The molecule has 1 atom stereocenters. The smallest absolute Gasteiger partial charge is 0.350 e. The van der Waals surface area contributed by atoms with Gasteiger partial charge < -0.3 is 15.0 Å². The van der Waals surface area contributed by atoms with Crippen molar-refractivity contribution in [3.8, 4) is 0 Å². The number of nitrogens with zero attached hydrogens (tertiary/aromatic N) is 2. The van der Waals surface area contributed by atoms with Crippen LogP contribution in [0, 0.1) is 6.92 Å². The summed E-state index contributed by atoms with van der Waals surface area (Å²) in [7, 11) is 1.34. The van der Waals surface area contributed by atoms with Gasteiger partial charge in [0.1, 0.15) is 10.9 Å². The van der Waals surface area contributed by atoms with Gasteiger partial charge in [0.05, 0.1) is 12.8 Å². The first kappa shape index (κ1) is 15.8. The van der Waals surface area contributed by atoms with Crippen LogP contribution >= 0.6 is 11.3 Å². The van der Waals surface area contributed by atoms with Gasteiger partial charge in [0, 0.05) is 13.1 Å². The molecule has 1 aromatic rings. The van der Waals surface area contributed by atoms with Crippen LogP contribution in [0.15, 0.2) is 0 Å². The van der Waals surface area contributed by atoms with Crippen LogP contribution < -0.4 is 5.32 Å². The summed E-state index contributed by atoms with van der Waals surface area (Å²) >= 11 is 1.22. The number of anilines is 1. The first-order chi connectivity index (χ1) is 10.0. The number of amides is 1. The molecule has 1 amide bonds. The van der Waals surface area contributed by atoms with Crippen molar-refractivity contribution in [1.29, 1.82) is 0 Å². The zero-order chi connectivity index (χ0) is 15.4. The number of carbonyl (C=O) groups is 2. The molecule has 0 spiro atoms. The van der Waals surface area contributed by atoms with E-state index in [0.29, 0.717) is 15.7 Å². The number of aromatic nitrogens is 1. The molecule has 2 rings (SSSR count). The number of rotatable bonds is 4. The molecule has 0 aliphatic carbocycles. The number of aryl methyl sites for hydroxylation is 1. The minimum atomic E-state index is -0.395. The van der Waals surface area contributed by atoms with Crippen LogP contribution in [0.3, 0.4) is 0 Å². The molecule has 21 heavy (non-hydrogen) atoms. The number of methoxy groups -OCH3 is 1. The van der Waals surface area contributed by atoms with E-state index in [2.05, 4.69) is 10.3 Å². The van der Waals surface area contributed by atoms with Crippen molar-refractivity contribution in [1.82, 2.24) is 9.88 Å². The number of ether oxygens (including phenoxy) is 1. The van der Waals surface area contributed by atoms with Crippen molar-refractivity contribution in [2.24, 2.45) is 0 Å². The molecular weight excluding hydrogens is 290 g/mol. The molecule has 0 saturated carbocycles. The van der Waals surface area contributed by atoms with Crippen molar-refractivity contribution in [2.75, 3.05) is 25.5 Å². The number of likely N-dealkylation sites (tertiary alicyclic amines) is 1. The summed E-state index contributed by atoms with van der Waals surface area (Å²) in [6, 6.07) is -0.348. The molecule has 1 saturated heterocycles. The quantitative estimate of drug-likeness (QED) is 0.862. The molecule has 1 fully saturated rings. The maximum Gasteiger partial charge on any atom is 0.350 e. The second kappa shape index (κ2) is 6.89. The number of hydrogen-bond acceptors (Lipinski definition) is 6. The van der Waals surface area contributed by atoms with E-state index in [1.165, 1.54) is 24.9 Å². The number of nitrogens with one attached hydrogen (secondary N) is 1. The zero-order valence-corrected chi connectivity index (χ0v) is 13.5. The van der Waals surface area contributed by atoms with Crippen molar-refractivity contribution >= 4 is 28.3 Å². The maximum atomic E-state index is 12.3. The fourth-order valence-electron chi connectivity index (χ4n) is 2.38. The third kappa shape index (κ3) is 3.72. The molecule has 116 valence electrons. The highest BCUT2D eigenvalue weighted by molar-refractivity contribution is 7.17. The molecule has 1 aromatic heterocycles. The molecule has 1 aliphatic rings. The average molecular weight is 311 g/mol. The molecule has 1 N–H and O–H groups in total. The van der Waals surface area contributed by atoms with Gasteiger partial charge >= 0.3 is 5.97 Å². The minimum absolute atomic E-state index is 0.0853. The highest BCUT2D eigenvalue weighted by Crippen LogP contribution is 2.24. The van der Waals surface area contributed by atoms with Crippen molar-refractivity contribution < 1.29 is 14.3 Å². The Morgan fingerprint density at radius 2 is 2.00 bits per heavy atom. The van der Waals surface area contributed by atoms with Crippen LogP contribution in [-0.4, -0.2) is 48.0 Å². The molecule has 0 aromatic carbocycles. The van der Waals surface area contributed by atoms with E-state index < -0.39 is 5.97 Å². The van der Waals surface area contributed by atoms with Gasteiger partial charge in [-0.05, 0) is 33.1 Å². The second-order valence-electron chi connectivity index (χ2n) is 5.18. The van der Waals surface area contributed by atoms with Crippen LogP contribution in [0.5, 0.6) is 0 Å². The number of carbonyl (C=O) groups excluding carboxylic acids is 2. The van der Waals surface area contributed by atoms with E-state index in [1.54, 1.807) is 6.92 Å². The van der Waals surface area contributed by atoms with E-state index in [4.69, 9.17) is 4.74 Å². The molecule has 1 unspecified atom stereocenters. The third-order valence-electron chi connectivity index (χ3n) is 3.55. The Hall–Kier alpha value is -1.63. The van der Waals surface area contributed by atoms with Crippen LogP contribution in [0.2, 0.25) is 0 Å². The lowest BCUT2D eigenvalue weighted by Crippen LogP contribution is -2.43. The molecule has 7 heteroatoms. The van der Waals surface area contributed by atoms with Gasteiger partial charge in [-0.15, -0.1) is 0 Å². The zero-order valence-electron chi connectivity index (χ0n) is 12.6. The minimum Gasteiger partial charge on any atom is -0.465 e. The Labute approximate surface area is 128 Å². The predicted octanol–water partition coefficient (Wildman–Crippen LogP) is 2.05. The lowest BCUT2D eigenvalue weighted by molar-refractivity contribution is -0.132. The van der Waals surface area contributed by atoms with Gasteiger partial charge in [0.25, 0.3) is 0 Å². The lowest BCUT2D eigenvalue weighted by atomic mass is 10.1. The monoisotopic (exact) mass is 311 g/mol. The SMILES string of the molecule is COC(=O)c1sc(NC(C)C(=O)N2CCCCC2)nc1C. The topological polar surface area (TPSA) is 71.5 Å². The largest absolute Gasteiger partial charge is 0.465 e. The lowest BCUT2D eigenvalue weighted by Gasteiger charge is -2.29. The van der Waals surface area contributed by atoms with Crippen molar-refractivity contribution in [3.63, 3.8) is 0 Å². The van der Waals surface area contributed by atoms with Gasteiger partial charge in [-0.3, -0.25) is 4.79 Å². The number of thiazole rings is 1. The fraction of sp³-hybridized carbons (Fsp3) is 0.643. The summed E-state index contributed by atoms with van der Waals surface area (Å²) in [5, 5.41) is 3.66. The molecule has 2 heterocycles. The van der Waals surface area contributed by atoms with E-state index in [0.717, 1.165) is 25.9 Å². The molecule has 0 bridgehead atoms. The Bertz CT molecular complexity index is 524. The van der Waals surface area contributed by atoms with Gasteiger partial charge in [-0.1, -0.05) is 11.3 Å². The van der Waals surface area contributed by atoms with Crippen LogP contribution in [0.4, 0.5) is 5.13 Å². The first-order valence-electron chi connectivity index (χ1n) is 7.14. The summed E-state index contributed by atoms with van der Waals surface area (Å²) in [4.78, 5) is 30.5. The average Bonchev–Trinajstić information content (AvgIpc) is 2.87. The standard InChI is InChI=1S/C14H21N3O3S/c1-9-11(13(19)20-3)21-14(15-9)16-10(2)12(18)17-7-5-4-6-8-17/h10H,4-8H2,1-3H3,(H,15,16). The van der Waals surface area contributed by atoms with E-state index >= 15 is 0 Å². The van der Waals surface area contributed by atoms with E-state index in [1.807, 2.05) is 11.8 Å². The Morgan fingerprint density at radius 3 is 2.62 bits per heavy atom. The predicted molar refractivity (Wildman–Crippen MR) is 81.7 cm³/mol. The third-order valence-corrected chi connectivity index (χ3v) is 4.61. The number of esters is 1. The van der Waals surface area contributed by atoms with Gasteiger partial charge in [-0.25, -0.2) is 9.78 Å². The summed E-state index contributed by atoms with van der Waals surface area (Å²) in [5.41, 5.74) is 0.618. The van der Waals surface area contributed by atoms with E-state index in [-0.39, 0.29) is 11.9 Å². The number of hydrogen-bond donors (Lipinski definition) is 1. The Morgan fingerprint density at radius 1 is 1.33 bits per heavy atom. The van der Waals surface area contributed by atoms with Crippen LogP contribution in [0.25, 0.3) is 0 Å². The molecular formula is C14H21N3O3S.